The normalized spacial score (nSPS) is 17.8. The van der Waals surface area contributed by atoms with Crippen LogP contribution in [0, 0.1) is 0 Å². The summed E-state index contributed by atoms with van der Waals surface area (Å²) in [7, 11) is 1.54. The van der Waals surface area contributed by atoms with Gasteiger partial charge in [0.1, 0.15) is 24.1 Å². The number of amides is 3. The molecule has 3 N–H and O–H groups in total. The van der Waals surface area contributed by atoms with Crippen molar-refractivity contribution in [2.45, 2.75) is 25.3 Å². The molecule has 0 aromatic heterocycles. The zero-order valence-corrected chi connectivity index (χ0v) is 17.5. The van der Waals surface area contributed by atoms with Crippen LogP contribution in [0.4, 0.5) is 0 Å². The fourth-order valence-corrected chi connectivity index (χ4v) is 3.27. The molecule has 0 radical (unpaired) electrons. The van der Waals surface area contributed by atoms with Crippen LogP contribution in [-0.2, 0) is 4.79 Å². The topological polar surface area (TPSA) is 106 Å². The van der Waals surface area contributed by atoms with E-state index in [1.54, 1.807) is 42.5 Å². The zero-order valence-electron chi connectivity index (χ0n) is 17.5. The second-order valence-electron chi connectivity index (χ2n) is 7.15. The molecule has 8 heteroatoms. The molecular formula is C23H27N3O5. The average Bonchev–Trinajstić information content (AvgIpc) is 2.80. The molecule has 1 atom stereocenters. The number of fused-ring (bicyclic) bond motifs is 1. The number of carbonyl (C=O) groups excluding carboxylic acids is 3. The minimum absolute atomic E-state index is 0.165. The molecule has 0 saturated heterocycles. The molecule has 2 aromatic rings. The van der Waals surface area contributed by atoms with E-state index in [1.165, 1.54) is 7.11 Å². The Morgan fingerprint density at radius 2 is 1.87 bits per heavy atom. The molecule has 1 heterocycles. The number of carbonyl (C=O) groups is 3. The lowest BCUT2D eigenvalue weighted by Crippen LogP contribution is -2.47. The Morgan fingerprint density at radius 1 is 1.06 bits per heavy atom. The number of hydrogen-bond donors (Lipinski definition) is 3. The second kappa shape index (κ2) is 11.0. The van der Waals surface area contributed by atoms with E-state index >= 15 is 0 Å². The molecular weight excluding hydrogens is 398 g/mol. The Balaban J connectivity index is 1.68. The quantitative estimate of drug-likeness (QED) is 0.697. The molecule has 3 amide bonds. The van der Waals surface area contributed by atoms with E-state index in [1.807, 2.05) is 6.07 Å². The lowest BCUT2D eigenvalue weighted by molar-refractivity contribution is -0.123. The van der Waals surface area contributed by atoms with Crippen LogP contribution < -0.4 is 25.4 Å². The van der Waals surface area contributed by atoms with E-state index in [0.717, 1.165) is 0 Å². The maximum Gasteiger partial charge on any atom is 0.255 e. The van der Waals surface area contributed by atoms with Crippen molar-refractivity contribution >= 4 is 17.7 Å². The van der Waals surface area contributed by atoms with Crippen LogP contribution in [0.3, 0.4) is 0 Å². The molecule has 8 nitrogen and oxygen atoms in total. The third kappa shape index (κ3) is 6.21. The Kier molecular flexibility index (Phi) is 7.86. The molecule has 31 heavy (non-hydrogen) atoms. The van der Waals surface area contributed by atoms with Gasteiger partial charge in [0.25, 0.3) is 11.8 Å². The monoisotopic (exact) mass is 425 g/mol. The number of ether oxygens (including phenoxy) is 2. The third-order valence-electron chi connectivity index (χ3n) is 4.96. The Labute approximate surface area is 181 Å². The van der Waals surface area contributed by atoms with Crippen LogP contribution in [0.5, 0.6) is 11.5 Å². The minimum Gasteiger partial charge on any atom is -0.497 e. The summed E-state index contributed by atoms with van der Waals surface area (Å²) >= 11 is 0. The Hall–Kier alpha value is -3.55. The Bertz CT molecular complexity index is 917. The highest BCUT2D eigenvalue weighted by Crippen LogP contribution is 2.25. The van der Waals surface area contributed by atoms with Gasteiger partial charge in [0.15, 0.2) is 0 Å². The number of nitrogens with one attached hydrogen (secondary N) is 3. The summed E-state index contributed by atoms with van der Waals surface area (Å²) in [6.07, 6.45) is 1.80. The fraction of sp³-hybridized carbons (Fsp3) is 0.348. The summed E-state index contributed by atoms with van der Waals surface area (Å²) < 4.78 is 10.9. The molecule has 164 valence electrons. The lowest BCUT2D eigenvalue weighted by atomic mass is 10.1. The van der Waals surface area contributed by atoms with E-state index in [9.17, 15) is 14.4 Å². The van der Waals surface area contributed by atoms with Crippen LogP contribution in [0.2, 0.25) is 0 Å². The van der Waals surface area contributed by atoms with Gasteiger partial charge in [-0.15, -0.1) is 0 Å². The number of rotatable bonds is 3. The predicted molar refractivity (Wildman–Crippen MR) is 115 cm³/mol. The summed E-state index contributed by atoms with van der Waals surface area (Å²) in [5.41, 5.74) is 0.910. The van der Waals surface area contributed by atoms with Crippen molar-refractivity contribution in [2.75, 3.05) is 26.8 Å². The molecule has 1 aliphatic heterocycles. The van der Waals surface area contributed by atoms with Crippen LogP contribution in [0.25, 0.3) is 0 Å². The van der Waals surface area contributed by atoms with Gasteiger partial charge in [-0.1, -0.05) is 18.2 Å². The van der Waals surface area contributed by atoms with Crippen LogP contribution in [-0.4, -0.2) is 50.6 Å². The first-order valence-electron chi connectivity index (χ1n) is 10.3. The SMILES string of the molecule is COc1ccc2c(c1)OCCNC(=O)[C@@H](NC(=O)c1ccccc1)CCCCNC2=O. The fourth-order valence-electron chi connectivity index (χ4n) is 3.27. The van der Waals surface area contributed by atoms with Crippen molar-refractivity contribution in [1.82, 2.24) is 16.0 Å². The van der Waals surface area contributed by atoms with Gasteiger partial charge in [-0.05, 0) is 43.5 Å². The van der Waals surface area contributed by atoms with E-state index in [4.69, 9.17) is 9.47 Å². The predicted octanol–water partition coefficient (Wildman–Crippen LogP) is 1.90. The zero-order chi connectivity index (χ0) is 22.1. The van der Waals surface area contributed by atoms with Crippen LogP contribution in [0.1, 0.15) is 40.0 Å². The van der Waals surface area contributed by atoms with Gasteiger partial charge in [-0.25, -0.2) is 0 Å². The molecule has 1 aliphatic rings. The van der Waals surface area contributed by atoms with Crippen LogP contribution in [0.15, 0.2) is 48.5 Å². The molecule has 2 aromatic carbocycles. The van der Waals surface area contributed by atoms with Crippen molar-refractivity contribution in [2.24, 2.45) is 0 Å². The summed E-state index contributed by atoms with van der Waals surface area (Å²) in [6.45, 7) is 0.846. The molecule has 0 unspecified atom stereocenters. The molecule has 0 fully saturated rings. The highest BCUT2D eigenvalue weighted by Gasteiger charge is 2.21. The average molecular weight is 425 g/mol. The smallest absolute Gasteiger partial charge is 0.255 e. The number of methoxy groups -OCH3 is 1. The molecule has 3 rings (SSSR count). The molecule has 0 bridgehead atoms. The maximum absolute atomic E-state index is 12.7. The summed E-state index contributed by atoms with van der Waals surface area (Å²) in [5, 5.41) is 8.49. The van der Waals surface area contributed by atoms with Gasteiger partial charge in [0.05, 0.1) is 19.2 Å². The minimum atomic E-state index is -0.668. The Morgan fingerprint density at radius 3 is 2.65 bits per heavy atom. The van der Waals surface area contributed by atoms with Crippen molar-refractivity contribution < 1.29 is 23.9 Å². The molecule has 0 spiro atoms. The standard InChI is InChI=1S/C23H27N3O5/c1-30-17-10-11-18-20(15-17)31-14-13-25-23(29)19(9-5-6-12-24-22(18)28)26-21(27)16-7-3-2-4-8-16/h2-4,7-8,10-11,15,19H,5-6,9,12-14H2,1H3,(H,24,28)(H,25,29)(H,26,27)/t19-/m0/s1. The van der Waals surface area contributed by atoms with Gasteiger partial charge in [-0.2, -0.15) is 0 Å². The largest absolute Gasteiger partial charge is 0.497 e. The van der Waals surface area contributed by atoms with Crippen molar-refractivity contribution in [3.05, 3.63) is 59.7 Å². The summed E-state index contributed by atoms with van der Waals surface area (Å²) in [5.74, 6) is 0.164. The van der Waals surface area contributed by atoms with Gasteiger partial charge in [0.2, 0.25) is 5.91 Å². The van der Waals surface area contributed by atoms with E-state index in [2.05, 4.69) is 16.0 Å². The lowest BCUT2D eigenvalue weighted by Gasteiger charge is -2.20. The van der Waals surface area contributed by atoms with E-state index in [-0.39, 0.29) is 30.9 Å². The van der Waals surface area contributed by atoms with Gasteiger partial charge >= 0.3 is 0 Å². The van der Waals surface area contributed by atoms with Crippen molar-refractivity contribution in [1.29, 1.82) is 0 Å². The van der Waals surface area contributed by atoms with Gasteiger partial charge in [-0.3, -0.25) is 14.4 Å². The van der Waals surface area contributed by atoms with E-state index < -0.39 is 6.04 Å². The first-order chi connectivity index (χ1) is 15.1. The van der Waals surface area contributed by atoms with E-state index in [0.29, 0.717) is 48.4 Å². The molecule has 0 aliphatic carbocycles. The third-order valence-corrected chi connectivity index (χ3v) is 4.96. The first-order valence-corrected chi connectivity index (χ1v) is 10.3. The van der Waals surface area contributed by atoms with Crippen molar-refractivity contribution in [3.8, 4) is 11.5 Å². The maximum atomic E-state index is 12.7. The second-order valence-corrected chi connectivity index (χ2v) is 7.15. The van der Waals surface area contributed by atoms with Crippen LogP contribution >= 0.6 is 0 Å². The summed E-state index contributed by atoms with van der Waals surface area (Å²) in [6, 6.07) is 13.1. The number of benzene rings is 2. The highest BCUT2D eigenvalue weighted by atomic mass is 16.5. The number of hydrogen-bond acceptors (Lipinski definition) is 5. The first kappa shape index (κ1) is 22.1. The van der Waals surface area contributed by atoms with Crippen molar-refractivity contribution in [3.63, 3.8) is 0 Å². The highest BCUT2D eigenvalue weighted by molar-refractivity contribution is 5.98. The van der Waals surface area contributed by atoms with Gasteiger partial charge in [0, 0.05) is 18.2 Å². The molecule has 0 saturated carbocycles. The van der Waals surface area contributed by atoms with Gasteiger partial charge < -0.3 is 25.4 Å². The summed E-state index contributed by atoms with van der Waals surface area (Å²) in [4.78, 5) is 37.7.